The van der Waals surface area contributed by atoms with Crippen molar-refractivity contribution in [2.24, 2.45) is 5.84 Å². The van der Waals surface area contributed by atoms with E-state index < -0.39 is 0 Å². The fraction of sp³-hybridized carbons (Fsp3) is 0.333. The molecule has 0 aliphatic carbocycles. The fourth-order valence-electron chi connectivity index (χ4n) is 2.16. The minimum absolute atomic E-state index is 0.653. The molecule has 2 aromatic rings. The molecule has 112 valence electrons. The molecule has 21 heavy (non-hydrogen) atoms. The molecule has 0 unspecified atom stereocenters. The van der Waals surface area contributed by atoms with Gasteiger partial charge in [-0.1, -0.05) is 13.3 Å². The second-order valence-corrected chi connectivity index (χ2v) is 4.75. The van der Waals surface area contributed by atoms with Crippen LogP contribution in [0, 0.1) is 6.92 Å². The van der Waals surface area contributed by atoms with Gasteiger partial charge in [-0.3, -0.25) is 0 Å². The van der Waals surface area contributed by atoms with E-state index in [0.717, 1.165) is 41.2 Å². The van der Waals surface area contributed by atoms with Crippen molar-refractivity contribution in [1.29, 1.82) is 0 Å². The lowest BCUT2D eigenvalue weighted by molar-refractivity contribution is 0.414. The first-order chi connectivity index (χ1) is 10.2. The highest BCUT2D eigenvalue weighted by molar-refractivity contribution is 5.67. The molecule has 0 atom stereocenters. The van der Waals surface area contributed by atoms with E-state index in [1.165, 1.54) is 6.33 Å². The van der Waals surface area contributed by atoms with Gasteiger partial charge in [-0.15, -0.1) is 0 Å². The van der Waals surface area contributed by atoms with Crippen molar-refractivity contribution in [3.8, 4) is 5.75 Å². The summed E-state index contributed by atoms with van der Waals surface area (Å²) >= 11 is 0. The van der Waals surface area contributed by atoms with Crippen molar-refractivity contribution in [2.75, 3.05) is 17.9 Å². The number of aryl methyl sites for hydroxylation is 1. The molecule has 0 saturated heterocycles. The Balaban J connectivity index is 2.35. The molecule has 0 radical (unpaired) electrons. The van der Waals surface area contributed by atoms with Gasteiger partial charge in [0.1, 0.15) is 23.7 Å². The summed E-state index contributed by atoms with van der Waals surface area (Å²) in [5.41, 5.74) is 5.67. The summed E-state index contributed by atoms with van der Waals surface area (Å²) in [7, 11) is 1.66. The standard InChI is InChI=1S/C15H21N5O/c1-4-5-12-14(17-9-18-15(12)20-16)19-13-7-6-11(21-3)8-10(13)2/h6-9H,4-5,16H2,1-3H3,(H2,17,18,19,20). The van der Waals surface area contributed by atoms with E-state index >= 15 is 0 Å². The maximum atomic E-state index is 5.53. The molecule has 0 saturated carbocycles. The van der Waals surface area contributed by atoms with Crippen LogP contribution in [0.5, 0.6) is 5.75 Å². The first kappa shape index (κ1) is 15.1. The zero-order valence-electron chi connectivity index (χ0n) is 12.6. The van der Waals surface area contributed by atoms with Crippen molar-refractivity contribution in [3.05, 3.63) is 35.7 Å². The number of hydrogen-bond acceptors (Lipinski definition) is 6. The summed E-state index contributed by atoms with van der Waals surface area (Å²) in [5, 5.41) is 3.35. The minimum atomic E-state index is 0.653. The van der Waals surface area contributed by atoms with Crippen LogP contribution < -0.4 is 21.3 Å². The van der Waals surface area contributed by atoms with Gasteiger partial charge in [0.15, 0.2) is 0 Å². The van der Waals surface area contributed by atoms with Gasteiger partial charge in [0.05, 0.1) is 7.11 Å². The predicted octanol–water partition coefficient (Wildman–Crippen LogP) is 2.78. The Morgan fingerprint density at radius 3 is 2.62 bits per heavy atom. The number of hydrazine groups is 1. The molecular formula is C15H21N5O. The average Bonchev–Trinajstić information content (AvgIpc) is 2.51. The highest BCUT2D eigenvalue weighted by atomic mass is 16.5. The Morgan fingerprint density at radius 2 is 2.00 bits per heavy atom. The number of nitrogens with two attached hydrogens (primary N) is 1. The molecule has 1 aromatic heterocycles. The number of anilines is 3. The van der Waals surface area contributed by atoms with Crippen LogP contribution in [0.25, 0.3) is 0 Å². The number of methoxy groups -OCH3 is 1. The normalized spacial score (nSPS) is 10.3. The number of nitrogen functional groups attached to an aromatic ring is 1. The number of nitrogens with one attached hydrogen (secondary N) is 2. The van der Waals surface area contributed by atoms with Gasteiger partial charge in [0.2, 0.25) is 0 Å². The van der Waals surface area contributed by atoms with E-state index in [2.05, 4.69) is 27.6 Å². The molecule has 0 spiro atoms. The van der Waals surface area contributed by atoms with Crippen molar-refractivity contribution in [2.45, 2.75) is 26.7 Å². The van der Waals surface area contributed by atoms with Gasteiger partial charge < -0.3 is 15.5 Å². The second-order valence-electron chi connectivity index (χ2n) is 4.75. The van der Waals surface area contributed by atoms with Crippen LogP contribution in [0.4, 0.5) is 17.3 Å². The first-order valence-electron chi connectivity index (χ1n) is 6.91. The largest absolute Gasteiger partial charge is 0.497 e. The highest BCUT2D eigenvalue weighted by Gasteiger charge is 2.11. The predicted molar refractivity (Wildman–Crippen MR) is 84.9 cm³/mol. The van der Waals surface area contributed by atoms with E-state index in [1.54, 1.807) is 7.11 Å². The van der Waals surface area contributed by atoms with Crippen molar-refractivity contribution in [3.63, 3.8) is 0 Å². The molecule has 0 aliphatic heterocycles. The number of ether oxygens (including phenoxy) is 1. The average molecular weight is 287 g/mol. The molecule has 1 heterocycles. The lowest BCUT2D eigenvalue weighted by Gasteiger charge is -2.15. The van der Waals surface area contributed by atoms with E-state index in [-0.39, 0.29) is 0 Å². The van der Waals surface area contributed by atoms with Crippen molar-refractivity contribution < 1.29 is 4.74 Å². The Morgan fingerprint density at radius 1 is 1.24 bits per heavy atom. The molecule has 0 amide bonds. The topological polar surface area (TPSA) is 85.1 Å². The molecular weight excluding hydrogens is 266 g/mol. The number of aromatic nitrogens is 2. The number of nitrogens with zero attached hydrogens (tertiary/aromatic N) is 2. The van der Waals surface area contributed by atoms with Crippen molar-refractivity contribution in [1.82, 2.24) is 9.97 Å². The summed E-state index contributed by atoms with van der Waals surface area (Å²) in [5.74, 6) is 7.78. The third kappa shape index (κ3) is 3.41. The van der Waals surface area contributed by atoms with Crippen LogP contribution in [0.15, 0.2) is 24.5 Å². The van der Waals surface area contributed by atoms with Crippen LogP contribution in [0.1, 0.15) is 24.5 Å². The summed E-state index contributed by atoms with van der Waals surface area (Å²) in [4.78, 5) is 8.50. The zero-order valence-corrected chi connectivity index (χ0v) is 12.6. The Hall–Kier alpha value is -2.34. The molecule has 0 bridgehead atoms. The smallest absolute Gasteiger partial charge is 0.148 e. The van der Waals surface area contributed by atoms with Crippen LogP contribution in [0.2, 0.25) is 0 Å². The van der Waals surface area contributed by atoms with Gasteiger partial charge >= 0.3 is 0 Å². The SMILES string of the molecule is CCCc1c(NN)ncnc1Nc1ccc(OC)cc1C. The van der Waals surface area contributed by atoms with E-state index in [1.807, 2.05) is 25.1 Å². The van der Waals surface area contributed by atoms with Gasteiger partial charge in [0.25, 0.3) is 0 Å². The van der Waals surface area contributed by atoms with E-state index in [9.17, 15) is 0 Å². The maximum absolute atomic E-state index is 5.53. The van der Waals surface area contributed by atoms with Gasteiger partial charge in [-0.05, 0) is 37.1 Å². The summed E-state index contributed by atoms with van der Waals surface area (Å²) in [6.07, 6.45) is 3.33. The molecule has 0 aliphatic rings. The monoisotopic (exact) mass is 287 g/mol. The number of benzene rings is 1. The zero-order chi connectivity index (χ0) is 15.2. The molecule has 6 heteroatoms. The Kier molecular flexibility index (Phi) is 4.94. The lowest BCUT2D eigenvalue weighted by atomic mass is 10.1. The quantitative estimate of drug-likeness (QED) is 0.559. The van der Waals surface area contributed by atoms with Crippen LogP contribution in [0.3, 0.4) is 0 Å². The second kappa shape index (κ2) is 6.90. The number of rotatable bonds is 6. The molecule has 4 N–H and O–H groups in total. The van der Waals surface area contributed by atoms with E-state index in [4.69, 9.17) is 10.6 Å². The fourth-order valence-corrected chi connectivity index (χ4v) is 2.16. The van der Waals surface area contributed by atoms with Crippen LogP contribution in [-0.4, -0.2) is 17.1 Å². The summed E-state index contributed by atoms with van der Waals surface area (Å²) < 4.78 is 5.22. The van der Waals surface area contributed by atoms with Crippen LogP contribution >= 0.6 is 0 Å². The molecule has 6 nitrogen and oxygen atoms in total. The highest BCUT2D eigenvalue weighted by Crippen LogP contribution is 2.27. The van der Waals surface area contributed by atoms with Gasteiger partial charge in [-0.25, -0.2) is 15.8 Å². The van der Waals surface area contributed by atoms with Crippen molar-refractivity contribution >= 4 is 17.3 Å². The van der Waals surface area contributed by atoms with Gasteiger partial charge in [0, 0.05) is 11.3 Å². The lowest BCUT2D eigenvalue weighted by Crippen LogP contribution is -2.13. The maximum Gasteiger partial charge on any atom is 0.148 e. The minimum Gasteiger partial charge on any atom is -0.497 e. The molecule has 1 aromatic carbocycles. The van der Waals surface area contributed by atoms with Gasteiger partial charge in [-0.2, -0.15) is 0 Å². The Bertz CT molecular complexity index is 615. The summed E-state index contributed by atoms with van der Waals surface area (Å²) in [6, 6.07) is 5.87. The molecule has 0 fully saturated rings. The van der Waals surface area contributed by atoms with E-state index in [0.29, 0.717) is 5.82 Å². The Labute approximate surface area is 124 Å². The molecule has 2 rings (SSSR count). The first-order valence-corrected chi connectivity index (χ1v) is 6.91. The number of hydrogen-bond donors (Lipinski definition) is 3. The third-order valence-corrected chi connectivity index (χ3v) is 3.27. The summed E-state index contributed by atoms with van der Waals surface area (Å²) in [6.45, 7) is 4.13. The van der Waals surface area contributed by atoms with Crippen LogP contribution in [-0.2, 0) is 6.42 Å². The third-order valence-electron chi connectivity index (χ3n) is 3.27.